The average molecular weight is 285 g/mol. The van der Waals surface area contributed by atoms with Crippen LogP contribution in [0.4, 0.5) is 5.82 Å². The molecule has 0 aliphatic heterocycles. The highest BCUT2D eigenvalue weighted by Crippen LogP contribution is 2.18. The number of nitrogens with one attached hydrogen (secondary N) is 1. The second-order valence-electron chi connectivity index (χ2n) is 4.46. The molecule has 1 aromatic carbocycles. The Bertz CT molecular complexity index is 611. The van der Waals surface area contributed by atoms with Crippen LogP contribution in [0, 0.1) is 6.92 Å². The minimum Gasteiger partial charge on any atom is -0.392 e. The van der Waals surface area contributed by atoms with E-state index in [9.17, 15) is 4.79 Å². The summed E-state index contributed by atoms with van der Waals surface area (Å²) in [6.07, 6.45) is 1.69. The molecule has 1 unspecified atom stereocenters. The summed E-state index contributed by atoms with van der Waals surface area (Å²) in [5, 5.41) is 2.73. The fraction of sp³-hybridized carbons (Fsp3) is 0.133. The minimum atomic E-state index is -0.658. The number of hydrogen-bond acceptors (Lipinski definition) is 3. The molecule has 0 aliphatic rings. The molecule has 1 amide bonds. The summed E-state index contributed by atoms with van der Waals surface area (Å²) in [4.78, 5) is 16.6. The molecule has 0 spiro atoms. The van der Waals surface area contributed by atoms with Gasteiger partial charge < -0.3 is 11.1 Å². The highest BCUT2D eigenvalue weighted by atomic mass is 32.1. The molecule has 102 valence electrons. The number of carbonyl (C=O) groups excluding carboxylic acids is 1. The number of anilines is 1. The number of nitrogens with two attached hydrogens (primary N) is 1. The van der Waals surface area contributed by atoms with Crippen molar-refractivity contribution >= 4 is 28.9 Å². The van der Waals surface area contributed by atoms with Crippen LogP contribution in [0.1, 0.15) is 17.0 Å². The van der Waals surface area contributed by atoms with Crippen LogP contribution in [0.25, 0.3) is 0 Å². The first-order valence-electron chi connectivity index (χ1n) is 6.15. The third kappa shape index (κ3) is 3.39. The molecule has 3 N–H and O–H groups in total. The Morgan fingerprint density at radius 1 is 1.25 bits per heavy atom. The van der Waals surface area contributed by atoms with Crippen LogP contribution in [0.15, 0.2) is 48.7 Å². The molecule has 1 aromatic heterocycles. The van der Waals surface area contributed by atoms with E-state index < -0.39 is 5.92 Å². The fourth-order valence-corrected chi connectivity index (χ4v) is 2.07. The van der Waals surface area contributed by atoms with Gasteiger partial charge in [0.2, 0.25) is 5.91 Å². The van der Waals surface area contributed by atoms with Crippen molar-refractivity contribution in [3.05, 3.63) is 59.8 Å². The van der Waals surface area contributed by atoms with E-state index in [-0.39, 0.29) is 10.9 Å². The Morgan fingerprint density at radius 2 is 1.95 bits per heavy atom. The number of aryl methyl sites for hydroxylation is 1. The molecule has 0 bridgehead atoms. The first-order chi connectivity index (χ1) is 9.58. The SMILES string of the molecule is Cc1ccc(NC(=O)C(C(N)=S)c2ccccc2)nc1. The van der Waals surface area contributed by atoms with E-state index in [1.54, 1.807) is 12.3 Å². The molecule has 0 saturated heterocycles. The molecule has 1 atom stereocenters. The van der Waals surface area contributed by atoms with Crippen LogP contribution in [-0.2, 0) is 4.79 Å². The summed E-state index contributed by atoms with van der Waals surface area (Å²) >= 11 is 5.01. The van der Waals surface area contributed by atoms with Gasteiger partial charge in [-0.15, -0.1) is 0 Å². The summed E-state index contributed by atoms with van der Waals surface area (Å²) in [7, 11) is 0. The Balaban J connectivity index is 2.20. The Kier molecular flexibility index (Phi) is 4.42. The van der Waals surface area contributed by atoms with Crippen molar-refractivity contribution in [2.24, 2.45) is 5.73 Å². The summed E-state index contributed by atoms with van der Waals surface area (Å²) in [6, 6.07) is 12.8. The van der Waals surface area contributed by atoms with Crippen LogP contribution in [0.2, 0.25) is 0 Å². The standard InChI is InChI=1S/C15H15N3OS/c1-10-7-8-12(17-9-10)18-15(19)13(14(16)20)11-5-3-2-4-6-11/h2-9,13H,1H3,(H2,16,20)(H,17,18,19). The fourth-order valence-electron chi connectivity index (χ4n) is 1.83. The molecular formula is C15H15N3OS. The van der Waals surface area contributed by atoms with Crippen molar-refractivity contribution in [2.75, 3.05) is 5.32 Å². The smallest absolute Gasteiger partial charge is 0.239 e. The molecule has 0 saturated carbocycles. The maximum absolute atomic E-state index is 12.3. The summed E-state index contributed by atoms with van der Waals surface area (Å²) in [6.45, 7) is 1.93. The van der Waals surface area contributed by atoms with E-state index in [0.717, 1.165) is 11.1 Å². The zero-order valence-electron chi connectivity index (χ0n) is 11.0. The molecular weight excluding hydrogens is 270 g/mol. The molecule has 5 heteroatoms. The van der Waals surface area contributed by atoms with Gasteiger partial charge in [0.25, 0.3) is 0 Å². The van der Waals surface area contributed by atoms with Gasteiger partial charge >= 0.3 is 0 Å². The number of thiocarbonyl (C=S) groups is 1. The van der Waals surface area contributed by atoms with Gasteiger partial charge in [-0.25, -0.2) is 4.98 Å². The van der Waals surface area contributed by atoms with Gasteiger partial charge in [0.05, 0.1) is 4.99 Å². The maximum Gasteiger partial charge on any atom is 0.239 e. The average Bonchev–Trinajstić information content (AvgIpc) is 2.42. The van der Waals surface area contributed by atoms with Crippen LogP contribution in [0.3, 0.4) is 0 Å². The molecule has 0 aliphatic carbocycles. The minimum absolute atomic E-state index is 0.140. The summed E-state index contributed by atoms with van der Waals surface area (Å²) < 4.78 is 0. The number of pyridine rings is 1. The van der Waals surface area contributed by atoms with Gasteiger partial charge in [0, 0.05) is 6.20 Å². The van der Waals surface area contributed by atoms with Crippen LogP contribution in [-0.4, -0.2) is 15.9 Å². The summed E-state index contributed by atoms with van der Waals surface area (Å²) in [5.41, 5.74) is 7.49. The topological polar surface area (TPSA) is 68.0 Å². The summed E-state index contributed by atoms with van der Waals surface area (Å²) in [5.74, 6) is -0.452. The first kappa shape index (κ1) is 14.1. The van der Waals surface area contributed by atoms with Gasteiger partial charge in [-0.1, -0.05) is 48.6 Å². The molecule has 20 heavy (non-hydrogen) atoms. The zero-order chi connectivity index (χ0) is 14.5. The van der Waals surface area contributed by atoms with Crippen molar-refractivity contribution in [3.63, 3.8) is 0 Å². The molecule has 0 radical (unpaired) electrons. The highest BCUT2D eigenvalue weighted by Gasteiger charge is 2.23. The van der Waals surface area contributed by atoms with Gasteiger partial charge in [-0.2, -0.15) is 0 Å². The number of benzene rings is 1. The normalized spacial score (nSPS) is 11.7. The molecule has 2 rings (SSSR count). The number of rotatable bonds is 4. The Hall–Kier alpha value is -2.27. The van der Waals surface area contributed by atoms with Crippen molar-refractivity contribution in [3.8, 4) is 0 Å². The van der Waals surface area contributed by atoms with Gasteiger partial charge in [-0.05, 0) is 24.1 Å². The van der Waals surface area contributed by atoms with Crippen molar-refractivity contribution in [1.82, 2.24) is 4.98 Å². The third-order valence-electron chi connectivity index (χ3n) is 2.84. The third-order valence-corrected chi connectivity index (χ3v) is 3.08. The van der Waals surface area contributed by atoms with E-state index in [0.29, 0.717) is 5.82 Å². The van der Waals surface area contributed by atoms with Gasteiger partial charge in [0.1, 0.15) is 11.7 Å². The lowest BCUT2D eigenvalue weighted by atomic mass is 9.98. The first-order valence-corrected chi connectivity index (χ1v) is 6.56. The molecule has 2 aromatic rings. The molecule has 4 nitrogen and oxygen atoms in total. The Labute approximate surface area is 123 Å². The maximum atomic E-state index is 12.3. The van der Waals surface area contributed by atoms with E-state index in [1.807, 2.05) is 43.3 Å². The van der Waals surface area contributed by atoms with Crippen molar-refractivity contribution in [1.29, 1.82) is 0 Å². The second-order valence-corrected chi connectivity index (χ2v) is 4.93. The van der Waals surface area contributed by atoms with E-state index >= 15 is 0 Å². The second kappa shape index (κ2) is 6.25. The van der Waals surface area contributed by atoms with E-state index in [2.05, 4.69) is 10.3 Å². The lowest BCUT2D eigenvalue weighted by Gasteiger charge is -2.15. The largest absolute Gasteiger partial charge is 0.392 e. The number of hydrogen-bond donors (Lipinski definition) is 2. The highest BCUT2D eigenvalue weighted by molar-refractivity contribution is 7.80. The Morgan fingerprint density at radius 3 is 2.50 bits per heavy atom. The molecule has 1 heterocycles. The number of amides is 1. The molecule has 0 fully saturated rings. The van der Waals surface area contributed by atoms with Gasteiger partial charge in [-0.3, -0.25) is 4.79 Å². The zero-order valence-corrected chi connectivity index (χ0v) is 11.9. The number of carbonyl (C=O) groups is 1. The number of nitrogens with zero attached hydrogens (tertiary/aromatic N) is 1. The lowest BCUT2D eigenvalue weighted by molar-refractivity contribution is -0.116. The van der Waals surface area contributed by atoms with Crippen LogP contribution >= 0.6 is 12.2 Å². The van der Waals surface area contributed by atoms with Crippen LogP contribution in [0.5, 0.6) is 0 Å². The monoisotopic (exact) mass is 285 g/mol. The van der Waals surface area contributed by atoms with Crippen LogP contribution < -0.4 is 11.1 Å². The van der Waals surface area contributed by atoms with Gasteiger partial charge in [0.15, 0.2) is 0 Å². The van der Waals surface area contributed by atoms with Crippen molar-refractivity contribution < 1.29 is 4.79 Å². The quantitative estimate of drug-likeness (QED) is 0.846. The predicted molar refractivity (Wildman–Crippen MR) is 83.6 cm³/mol. The number of aromatic nitrogens is 1. The van der Waals surface area contributed by atoms with E-state index in [4.69, 9.17) is 18.0 Å². The van der Waals surface area contributed by atoms with Crippen molar-refractivity contribution in [2.45, 2.75) is 12.8 Å². The lowest BCUT2D eigenvalue weighted by Crippen LogP contribution is -2.31. The predicted octanol–water partition coefficient (Wildman–Crippen LogP) is 2.40. The van der Waals surface area contributed by atoms with E-state index in [1.165, 1.54) is 0 Å².